The summed E-state index contributed by atoms with van der Waals surface area (Å²) in [6.45, 7) is 7.53. The first kappa shape index (κ1) is 30.9. The van der Waals surface area contributed by atoms with Crippen LogP contribution in [0.4, 0.5) is 0 Å². The summed E-state index contributed by atoms with van der Waals surface area (Å²) in [6, 6.07) is 11.6. The molecule has 2 heterocycles. The van der Waals surface area contributed by atoms with Crippen molar-refractivity contribution in [3.8, 4) is 0 Å². The molecule has 3 aliphatic rings. The summed E-state index contributed by atoms with van der Waals surface area (Å²) in [6.07, 6.45) is 6.82. The predicted molar refractivity (Wildman–Crippen MR) is 151 cm³/mol. The van der Waals surface area contributed by atoms with Crippen LogP contribution in [-0.2, 0) is 16.0 Å². The molecule has 5 rings (SSSR count). The molecule has 9 heteroatoms. The van der Waals surface area contributed by atoms with Crippen LogP contribution in [0.25, 0.3) is 0 Å². The van der Waals surface area contributed by atoms with Gasteiger partial charge in [0.1, 0.15) is 11.4 Å². The Morgan fingerprint density at radius 1 is 1.07 bits per heavy atom. The van der Waals surface area contributed by atoms with Crippen LogP contribution in [-0.4, -0.2) is 47.1 Å². The van der Waals surface area contributed by atoms with E-state index >= 15 is 0 Å². The van der Waals surface area contributed by atoms with Crippen molar-refractivity contribution in [1.82, 2.24) is 10.2 Å². The van der Waals surface area contributed by atoms with Crippen molar-refractivity contribution in [3.63, 3.8) is 0 Å². The zero-order chi connectivity index (χ0) is 27.8. The number of hydrogen-bond donors (Lipinski definition) is 1. The van der Waals surface area contributed by atoms with Crippen LogP contribution in [0.15, 0.2) is 41.4 Å². The van der Waals surface area contributed by atoms with E-state index in [0.29, 0.717) is 36.1 Å². The number of hydrogen-bond acceptors (Lipinski definition) is 6. The van der Waals surface area contributed by atoms with Gasteiger partial charge in [0.25, 0.3) is 11.8 Å². The van der Waals surface area contributed by atoms with Gasteiger partial charge in [-0.25, -0.2) is 0 Å². The molecule has 1 aromatic heterocycles. The Morgan fingerprint density at radius 3 is 2.35 bits per heavy atom. The van der Waals surface area contributed by atoms with Crippen LogP contribution in [0.2, 0.25) is 0 Å². The maximum atomic E-state index is 13.9. The quantitative estimate of drug-likeness (QED) is 0.459. The van der Waals surface area contributed by atoms with E-state index in [4.69, 9.17) is 4.99 Å². The molecule has 2 fully saturated rings. The van der Waals surface area contributed by atoms with Gasteiger partial charge in [0.05, 0.1) is 4.88 Å². The Bertz CT molecular complexity index is 1270. The number of aliphatic carboxylic acids is 1. The molecule has 0 saturated heterocycles. The van der Waals surface area contributed by atoms with Gasteiger partial charge in [0.15, 0.2) is 0 Å². The third-order valence-corrected chi connectivity index (χ3v) is 9.83. The van der Waals surface area contributed by atoms with Crippen molar-refractivity contribution >= 4 is 34.8 Å². The van der Waals surface area contributed by atoms with Gasteiger partial charge in [-0.1, -0.05) is 32.9 Å². The monoisotopic (exact) mass is 571 g/mol. The number of carbonyl (C=O) groups excluding carboxylic acids is 3. The number of thiophene rings is 1. The van der Waals surface area contributed by atoms with Crippen LogP contribution in [0.1, 0.15) is 97.3 Å². The zero-order valence-electron chi connectivity index (χ0n) is 24.1. The minimum absolute atomic E-state index is 0. The van der Waals surface area contributed by atoms with Crippen LogP contribution in [0.3, 0.4) is 0 Å². The molecule has 2 aliphatic carbocycles. The minimum atomic E-state index is -1.19. The van der Waals surface area contributed by atoms with Gasteiger partial charge in [0, 0.05) is 35.9 Å². The SMILES string of the molecule is CC(C)(C)C1CCC2(CC1)N=C(c1ccc(C3CC3)s1)C(=O)N2CCc1ccc(C(=O)NCCC(=O)[O-])cc1.[Na+]. The van der Waals surface area contributed by atoms with E-state index in [1.54, 1.807) is 23.5 Å². The number of amides is 2. The van der Waals surface area contributed by atoms with Crippen molar-refractivity contribution in [1.29, 1.82) is 0 Å². The number of nitrogens with one attached hydrogen (secondary N) is 1. The Kier molecular flexibility index (Phi) is 9.65. The molecular formula is C31H38N3NaO4S. The van der Waals surface area contributed by atoms with E-state index in [0.717, 1.165) is 36.1 Å². The van der Waals surface area contributed by atoms with Gasteiger partial charge in [-0.15, -0.1) is 11.3 Å². The number of rotatable bonds is 9. The summed E-state index contributed by atoms with van der Waals surface area (Å²) in [4.78, 5) is 46.3. The number of aliphatic imine (C=N–C) groups is 1. The molecule has 2 saturated carbocycles. The summed E-state index contributed by atoms with van der Waals surface area (Å²) < 4.78 is 0. The minimum Gasteiger partial charge on any atom is -0.550 e. The van der Waals surface area contributed by atoms with Crippen LogP contribution in [0.5, 0.6) is 0 Å². The molecule has 0 atom stereocenters. The number of carbonyl (C=O) groups is 3. The Morgan fingerprint density at radius 2 is 1.75 bits per heavy atom. The first-order valence-electron chi connectivity index (χ1n) is 14.1. The summed E-state index contributed by atoms with van der Waals surface area (Å²) in [5.74, 6) is -0.189. The molecular weight excluding hydrogens is 533 g/mol. The first-order valence-corrected chi connectivity index (χ1v) is 15.0. The molecule has 1 aromatic carbocycles. The van der Waals surface area contributed by atoms with Gasteiger partial charge < -0.3 is 20.1 Å². The second kappa shape index (κ2) is 12.5. The third-order valence-electron chi connectivity index (χ3n) is 8.58. The van der Waals surface area contributed by atoms with Crippen molar-refractivity contribution in [2.75, 3.05) is 13.1 Å². The van der Waals surface area contributed by atoms with Gasteiger partial charge in [-0.05, 0) is 92.0 Å². The third kappa shape index (κ3) is 6.89. The standard InChI is InChI=1S/C31H39N3O4S.Na/c1-30(2,3)23-12-16-31(17-13-23)33-27(25-11-10-24(39-25)21-8-9-21)29(38)34(31)19-15-20-4-6-22(7-5-20)28(37)32-18-14-26(35)36;/h4-7,10-11,21,23H,8-9,12-19H2,1-3H3,(H,32,37)(H,35,36);/q;+1/p-1. The van der Waals surface area contributed by atoms with E-state index in [-0.39, 0.29) is 59.8 Å². The molecule has 0 unspecified atom stereocenters. The fraction of sp³-hybridized carbons (Fsp3) is 0.548. The van der Waals surface area contributed by atoms with Gasteiger partial charge in [-0.2, -0.15) is 0 Å². The van der Waals surface area contributed by atoms with Crippen molar-refractivity contribution in [3.05, 3.63) is 57.3 Å². The molecule has 1 N–H and O–H groups in total. The molecule has 208 valence electrons. The van der Waals surface area contributed by atoms with E-state index in [1.807, 2.05) is 17.0 Å². The Hall–Kier alpha value is -2.00. The maximum Gasteiger partial charge on any atom is 1.00 e. The smallest absolute Gasteiger partial charge is 0.550 e. The fourth-order valence-corrected chi connectivity index (χ4v) is 7.10. The van der Waals surface area contributed by atoms with E-state index < -0.39 is 11.6 Å². The molecule has 2 aromatic rings. The van der Waals surface area contributed by atoms with Gasteiger partial charge in [0.2, 0.25) is 0 Å². The molecule has 0 radical (unpaired) electrons. The topological polar surface area (TPSA) is 102 Å². The Balaban J connectivity index is 0.00000370. The van der Waals surface area contributed by atoms with E-state index in [1.165, 1.54) is 17.7 Å². The molecule has 1 aliphatic heterocycles. The summed E-state index contributed by atoms with van der Waals surface area (Å²) in [5, 5.41) is 13.2. The average Bonchev–Trinajstić information content (AvgIpc) is 3.57. The largest absolute Gasteiger partial charge is 1.00 e. The maximum absolute atomic E-state index is 13.9. The van der Waals surface area contributed by atoms with Crippen LogP contribution in [0, 0.1) is 11.3 Å². The van der Waals surface area contributed by atoms with Crippen LogP contribution < -0.4 is 40.0 Å². The van der Waals surface area contributed by atoms with Gasteiger partial charge >= 0.3 is 29.6 Å². The number of carboxylic acids is 1. The van der Waals surface area contributed by atoms with Crippen molar-refractivity contribution in [2.24, 2.45) is 16.3 Å². The molecule has 0 bridgehead atoms. The zero-order valence-corrected chi connectivity index (χ0v) is 26.9. The second-order valence-corrected chi connectivity index (χ2v) is 13.5. The number of benzene rings is 1. The molecule has 1 spiro atoms. The van der Waals surface area contributed by atoms with E-state index in [9.17, 15) is 19.5 Å². The molecule has 2 amide bonds. The molecule has 7 nitrogen and oxygen atoms in total. The van der Waals surface area contributed by atoms with Gasteiger partial charge in [-0.3, -0.25) is 14.6 Å². The first-order chi connectivity index (χ1) is 18.6. The van der Waals surface area contributed by atoms with Crippen molar-refractivity contribution < 1.29 is 49.0 Å². The Labute approximate surface area is 263 Å². The number of nitrogens with zero attached hydrogens (tertiary/aromatic N) is 2. The normalized spacial score (nSPS) is 22.7. The summed E-state index contributed by atoms with van der Waals surface area (Å²) in [5.41, 5.74) is 1.91. The van der Waals surface area contributed by atoms with Crippen LogP contribution >= 0.6 is 11.3 Å². The van der Waals surface area contributed by atoms with Crippen molar-refractivity contribution in [2.45, 2.75) is 83.7 Å². The summed E-state index contributed by atoms with van der Waals surface area (Å²) >= 11 is 1.73. The average molecular weight is 572 g/mol. The predicted octanol–water partition coefficient (Wildman–Crippen LogP) is 1.31. The number of carboxylic acid groups (broad SMARTS) is 1. The summed E-state index contributed by atoms with van der Waals surface area (Å²) in [7, 11) is 0. The second-order valence-electron chi connectivity index (χ2n) is 12.3. The fourth-order valence-electron chi connectivity index (χ4n) is 5.94. The van der Waals surface area contributed by atoms with E-state index in [2.05, 4.69) is 38.2 Å². The molecule has 40 heavy (non-hydrogen) atoms.